The predicted octanol–water partition coefficient (Wildman–Crippen LogP) is 1.78. The predicted molar refractivity (Wildman–Crippen MR) is 107 cm³/mol. The maximum absolute atomic E-state index is 12.8. The van der Waals surface area contributed by atoms with Gasteiger partial charge in [0.2, 0.25) is 17.7 Å². The standard InChI is InChI=1S/C20H29N5O3/c1-11(2)9-17(27)22-15(10-16(21)26)20(28)25-18(12(3)4)19-23-13-7-5-6-8-14(13)24-19/h5-8,11-12,15,18H,9-10H2,1-4H3,(H2,21,26)(H,22,27)(H,23,24)(H,25,28)/t15-,18+/m0/s1. The van der Waals surface area contributed by atoms with Gasteiger partial charge in [-0.05, 0) is 24.0 Å². The lowest BCUT2D eigenvalue weighted by Gasteiger charge is -2.24. The van der Waals surface area contributed by atoms with Gasteiger partial charge < -0.3 is 21.4 Å². The van der Waals surface area contributed by atoms with Crippen molar-refractivity contribution in [2.24, 2.45) is 17.6 Å². The molecule has 0 unspecified atom stereocenters. The zero-order valence-corrected chi connectivity index (χ0v) is 16.8. The molecule has 1 heterocycles. The molecule has 1 aromatic heterocycles. The van der Waals surface area contributed by atoms with Crippen molar-refractivity contribution in [3.8, 4) is 0 Å². The molecule has 0 saturated carbocycles. The number of para-hydroxylation sites is 2. The second kappa shape index (κ2) is 9.34. The molecule has 2 aromatic rings. The van der Waals surface area contributed by atoms with Gasteiger partial charge in [0.15, 0.2) is 0 Å². The molecule has 3 amide bonds. The number of H-pyrrole nitrogens is 1. The van der Waals surface area contributed by atoms with E-state index in [-0.39, 0.29) is 30.6 Å². The highest BCUT2D eigenvalue weighted by Crippen LogP contribution is 2.22. The van der Waals surface area contributed by atoms with E-state index in [1.165, 1.54) is 0 Å². The van der Waals surface area contributed by atoms with E-state index in [9.17, 15) is 14.4 Å². The first-order valence-electron chi connectivity index (χ1n) is 9.50. The summed E-state index contributed by atoms with van der Waals surface area (Å²) in [5.74, 6) is -0.622. The molecule has 1 aromatic carbocycles. The summed E-state index contributed by atoms with van der Waals surface area (Å²) in [4.78, 5) is 44.1. The first-order valence-corrected chi connectivity index (χ1v) is 9.50. The van der Waals surface area contributed by atoms with Crippen LogP contribution in [0.25, 0.3) is 11.0 Å². The number of benzene rings is 1. The van der Waals surface area contributed by atoms with Crippen LogP contribution in [0.4, 0.5) is 0 Å². The Morgan fingerprint density at radius 2 is 1.75 bits per heavy atom. The molecule has 5 N–H and O–H groups in total. The number of rotatable bonds is 9. The largest absolute Gasteiger partial charge is 0.370 e. The second-order valence-corrected chi connectivity index (χ2v) is 7.76. The molecule has 0 saturated heterocycles. The minimum Gasteiger partial charge on any atom is -0.370 e. The summed E-state index contributed by atoms with van der Waals surface area (Å²) in [6.07, 6.45) is 0.000336. The Bertz CT molecular complexity index is 810. The number of aromatic nitrogens is 2. The van der Waals surface area contributed by atoms with Gasteiger partial charge >= 0.3 is 0 Å². The summed E-state index contributed by atoms with van der Waals surface area (Å²) < 4.78 is 0. The number of nitrogens with one attached hydrogen (secondary N) is 3. The van der Waals surface area contributed by atoms with E-state index in [4.69, 9.17) is 5.73 Å². The number of nitrogens with zero attached hydrogens (tertiary/aromatic N) is 1. The Morgan fingerprint density at radius 1 is 1.07 bits per heavy atom. The van der Waals surface area contributed by atoms with Gasteiger partial charge in [0, 0.05) is 6.42 Å². The molecule has 152 valence electrons. The third kappa shape index (κ3) is 5.80. The van der Waals surface area contributed by atoms with Crippen LogP contribution in [0.1, 0.15) is 52.4 Å². The summed E-state index contributed by atoms with van der Waals surface area (Å²) in [5, 5.41) is 5.52. The van der Waals surface area contributed by atoms with Gasteiger partial charge in [-0.25, -0.2) is 4.98 Å². The molecule has 0 aliphatic rings. The van der Waals surface area contributed by atoms with Crippen molar-refractivity contribution in [3.63, 3.8) is 0 Å². The molecule has 2 atom stereocenters. The summed E-state index contributed by atoms with van der Waals surface area (Å²) in [7, 11) is 0. The van der Waals surface area contributed by atoms with Crippen molar-refractivity contribution in [3.05, 3.63) is 30.1 Å². The van der Waals surface area contributed by atoms with E-state index in [0.717, 1.165) is 11.0 Å². The number of carbonyl (C=O) groups excluding carboxylic acids is 3. The molecule has 8 nitrogen and oxygen atoms in total. The summed E-state index contributed by atoms with van der Waals surface area (Å²) in [6, 6.07) is 6.17. The monoisotopic (exact) mass is 387 g/mol. The molecular formula is C20H29N5O3. The minimum absolute atomic E-state index is 0.0325. The van der Waals surface area contributed by atoms with Crippen molar-refractivity contribution < 1.29 is 14.4 Å². The van der Waals surface area contributed by atoms with Crippen LogP contribution in [-0.4, -0.2) is 33.7 Å². The normalized spacial score (nSPS) is 13.5. The molecule has 0 aliphatic heterocycles. The van der Waals surface area contributed by atoms with Crippen LogP contribution in [-0.2, 0) is 14.4 Å². The number of amides is 3. The minimum atomic E-state index is -1.02. The van der Waals surface area contributed by atoms with E-state index in [0.29, 0.717) is 5.82 Å². The van der Waals surface area contributed by atoms with Crippen LogP contribution >= 0.6 is 0 Å². The maximum atomic E-state index is 12.8. The van der Waals surface area contributed by atoms with Crippen molar-refractivity contribution >= 4 is 28.8 Å². The Kier molecular flexibility index (Phi) is 7.14. The summed E-state index contributed by atoms with van der Waals surface area (Å²) >= 11 is 0. The molecule has 8 heteroatoms. The second-order valence-electron chi connectivity index (χ2n) is 7.76. The summed E-state index contributed by atoms with van der Waals surface area (Å²) in [5.41, 5.74) is 6.95. The first kappa shape index (κ1) is 21.4. The van der Waals surface area contributed by atoms with E-state index in [2.05, 4.69) is 20.6 Å². The molecule has 0 aliphatic carbocycles. The topological polar surface area (TPSA) is 130 Å². The third-order valence-electron chi connectivity index (χ3n) is 4.32. The van der Waals surface area contributed by atoms with Gasteiger partial charge in [-0.2, -0.15) is 0 Å². The zero-order valence-electron chi connectivity index (χ0n) is 16.8. The number of fused-ring (bicyclic) bond motifs is 1. The van der Waals surface area contributed by atoms with Gasteiger partial charge in [0.1, 0.15) is 11.9 Å². The maximum Gasteiger partial charge on any atom is 0.243 e. The number of imidazole rings is 1. The average molecular weight is 387 g/mol. The van der Waals surface area contributed by atoms with Gasteiger partial charge in [0.05, 0.1) is 23.5 Å². The van der Waals surface area contributed by atoms with Crippen LogP contribution in [0.5, 0.6) is 0 Å². The molecule has 0 radical (unpaired) electrons. The van der Waals surface area contributed by atoms with Gasteiger partial charge in [0.25, 0.3) is 0 Å². The number of carbonyl (C=O) groups is 3. The lowest BCUT2D eigenvalue weighted by molar-refractivity contribution is -0.132. The van der Waals surface area contributed by atoms with E-state index in [1.807, 2.05) is 52.0 Å². The Morgan fingerprint density at radius 3 is 2.32 bits per heavy atom. The lowest BCUT2D eigenvalue weighted by atomic mass is 10.0. The molecule has 2 rings (SSSR count). The fraction of sp³-hybridized carbons (Fsp3) is 0.500. The Balaban J connectivity index is 2.19. The van der Waals surface area contributed by atoms with Gasteiger partial charge in [-0.1, -0.05) is 39.8 Å². The number of primary amides is 1. The fourth-order valence-electron chi connectivity index (χ4n) is 2.96. The molecule has 28 heavy (non-hydrogen) atoms. The highest BCUT2D eigenvalue weighted by Gasteiger charge is 2.28. The Labute approximate surface area is 164 Å². The van der Waals surface area contributed by atoms with Gasteiger partial charge in [-0.3, -0.25) is 14.4 Å². The van der Waals surface area contributed by atoms with Crippen molar-refractivity contribution in [1.82, 2.24) is 20.6 Å². The quantitative estimate of drug-likeness (QED) is 0.522. The fourth-order valence-corrected chi connectivity index (χ4v) is 2.96. The lowest BCUT2D eigenvalue weighted by Crippen LogP contribution is -2.50. The van der Waals surface area contributed by atoms with Crippen molar-refractivity contribution in [2.75, 3.05) is 0 Å². The third-order valence-corrected chi connectivity index (χ3v) is 4.32. The number of aromatic amines is 1. The Hall–Kier alpha value is -2.90. The molecule has 0 fully saturated rings. The summed E-state index contributed by atoms with van der Waals surface area (Å²) in [6.45, 7) is 7.72. The van der Waals surface area contributed by atoms with Crippen LogP contribution in [0.3, 0.4) is 0 Å². The first-order chi connectivity index (χ1) is 13.2. The molecule has 0 bridgehead atoms. The van der Waals surface area contributed by atoms with E-state index >= 15 is 0 Å². The van der Waals surface area contributed by atoms with Gasteiger partial charge in [-0.15, -0.1) is 0 Å². The average Bonchev–Trinajstić information content (AvgIpc) is 3.00. The van der Waals surface area contributed by atoms with Crippen molar-refractivity contribution in [1.29, 1.82) is 0 Å². The highest BCUT2D eigenvalue weighted by molar-refractivity contribution is 5.92. The number of nitrogens with two attached hydrogens (primary N) is 1. The number of hydrogen-bond donors (Lipinski definition) is 4. The highest BCUT2D eigenvalue weighted by atomic mass is 16.2. The van der Waals surface area contributed by atoms with E-state index < -0.39 is 23.9 Å². The smallest absolute Gasteiger partial charge is 0.243 e. The zero-order chi connectivity index (χ0) is 20.8. The van der Waals surface area contributed by atoms with Crippen molar-refractivity contribution in [2.45, 2.75) is 52.6 Å². The SMILES string of the molecule is CC(C)CC(=O)N[C@@H](CC(N)=O)C(=O)N[C@@H](c1nc2ccccc2[nH]1)C(C)C. The van der Waals surface area contributed by atoms with Crippen LogP contribution in [0, 0.1) is 11.8 Å². The van der Waals surface area contributed by atoms with Crippen LogP contribution < -0.4 is 16.4 Å². The van der Waals surface area contributed by atoms with Crippen LogP contribution in [0.2, 0.25) is 0 Å². The van der Waals surface area contributed by atoms with Crippen LogP contribution in [0.15, 0.2) is 24.3 Å². The number of hydrogen-bond acceptors (Lipinski definition) is 4. The van der Waals surface area contributed by atoms with E-state index in [1.54, 1.807) is 0 Å². The molecular weight excluding hydrogens is 358 g/mol. The molecule has 0 spiro atoms.